The van der Waals surface area contributed by atoms with Gasteiger partial charge in [0.1, 0.15) is 0 Å². The van der Waals surface area contributed by atoms with Crippen molar-refractivity contribution in [1.82, 2.24) is 4.98 Å². The molecule has 106 valence electrons. The molecule has 1 aromatic heterocycles. The predicted octanol–water partition coefficient (Wildman–Crippen LogP) is 2.16. The van der Waals surface area contributed by atoms with Gasteiger partial charge in [-0.15, -0.1) is 0 Å². The molecule has 0 radical (unpaired) electrons. The molecule has 19 heavy (non-hydrogen) atoms. The summed E-state index contributed by atoms with van der Waals surface area (Å²) < 4.78 is 31.3. The summed E-state index contributed by atoms with van der Waals surface area (Å²) in [6.07, 6.45) is 0.871. The Morgan fingerprint density at radius 2 is 1.84 bits per heavy atom. The van der Waals surface area contributed by atoms with E-state index >= 15 is 0 Å². The Morgan fingerprint density at radius 1 is 1.26 bits per heavy atom. The molecular formula is C12H17F2N3O2. The van der Waals surface area contributed by atoms with E-state index in [1.165, 1.54) is 7.11 Å². The van der Waals surface area contributed by atoms with Gasteiger partial charge in [-0.3, -0.25) is 4.79 Å². The average Bonchev–Trinajstić information content (AvgIpc) is 2.39. The minimum Gasteiger partial charge on any atom is -0.469 e. The standard InChI is InChI=1S/C12H17F2N3O2/c1-3-5-15-11-8(13)7-9(14)12(17-11)16-6-4-10(18)19-2/h7H,3-6H2,1-2H3,(H2,15,16,17). The van der Waals surface area contributed by atoms with Gasteiger partial charge in [0.05, 0.1) is 13.5 Å². The topological polar surface area (TPSA) is 63.2 Å². The van der Waals surface area contributed by atoms with Crippen LogP contribution in [0.15, 0.2) is 6.07 Å². The van der Waals surface area contributed by atoms with Gasteiger partial charge in [0.2, 0.25) is 0 Å². The van der Waals surface area contributed by atoms with Gasteiger partial charge in [0, 0.05) is 19.2 Å². The fourth-order valence-corrected chi connectivity index (χ4v) is 1.34. The summed E-state index contributed by atoms with van der Waals surface area (Å²) in [6, 6.07) is 0.755. The number of pyridine rings is 1. The van der Waals surface area contributed by atoms with E-state index in [0.29, 0.717) is 6.54 Å². The van der Waals surface area contributed by atoms with Gasteiger partial charge in [-0.2, -0.15) is 0 Å². The maximum Gasteiger partial charge on any atom is 0.307 e. The molecule has 0 saturated carbocycles. The number of nitrogens with zero attached hydrogens (tertiary/aromatic N) is 1. The molecule has 0 bridgehead atoms. The van der Waals surface area contributed by atoms with E-state index in [0.717, 1.165) is 12.5 Å². The highest BCUT2D eigenvalue weighted by atomic mass is 19.1. The summed E-state index contributed by atoms with van der Waals surface area (Å²) in [6.45, 7) is 2.62. The number of ether oxygens (including phenoxy) is 1. The quantitative estimate of drug-likeness (QED) is 0.745. The largest absolute Gasteiger partial charge is 0.469 e. The van der Waals surface area contributed by atoms with Crippen LogP contribution in [0.3, 0.4) is 0 Å². The molecule has 0 spiro atoms. The first-order valence-corrected chi connectivity index (χ1v) is 5.99. The number of anilines is 2. The molecule has 0 amide bonds. The number of hydrogen-bond donors (Lipinski definition) is 2. The Morgan fingerprint density at radius 3 is 2.37 bits per heavy atom. The number of carbonyl (C=O) groups is 1. The highest BCUT2D eigenvalue weighted by Gasteiger charge is 2.11. The zero-order valence-corrected chi connectivity index (χ0v) is 10.9. The Bertz CT molecular complexity index is 441. The highest BCUT2D eigenvalue weighted by molar-refractivity contribution is 5.69. The van der Waals surface area contributed by atoms with E-state index in [1.807, 2.05) is 6.92 Å². The first kappa shape index (κ1) is 15.1. The molecule has 0 aliphatic heterocycles. The van der Waals surface area contributed by atoms with Crippen molar-refractivity contribution in [3.05, 3.63) is 17.7 Å². The van der Waals surface area contributed by atoms with Gasteiger partial charge < -0.3 is 15.4 Å². The molecule has 1 heterocycles. The molecule has 0 unspecified atom stereocenters. The van der Waals surface area contributed by atoms with Crippen molar-refractivity contribution in [3.8, 4) is 0 Å². The normalized spacial score (nSPS) is 10.1. The molecule has 0 aliphatic rings. The molecule has 0 atom stereocenters. The average molecular weight is 273 g/mol. The van der Waals surface area contributed by atoms with Crippen molar-refractivity contribution in [2.45, 2.75) is 19.8 Å². The Hall–Kier alpha value is -1.92. The number of halogens is 2. The predicted molar refractivity (Wildman–Crippen MR) is 68.1 cm³/mol. The van der Waals surface area contributed by atoms with Crippen molar-refractivity contribution < 1.29 is 18.3 Å². The zero-order valence-electron chi connectivity index (χ0n) is 10.9. The number of nitrogens with one attached hydrogen (secondary N) is 2. The van der Waals surface area contributed by atoms with E-state index < -0.39 is 17.6 Å². The summed E-state index contributed by atoms with van der Waals surface area (Å²) in [7, 11) is 1.27. The lowest BCUT2D eigenvalue weighted by Crippen LogP contribution is -2.13. The third-order valence-corrected chi connectivity index (χ3v) is 2.32. The second-order valence-electron chi connectivity index (χ2n) is 3.83. The van der Waals surface area contributed by atoms with Gasteiger partial charge in [-0.05, 0) is 6.42 Å². The van der Waals surface area contributed by atoms with Crippen molar-refractivity contribution in [3.63, 3.8) is 0 Å². The third kappa shape index (κ3) is 4.69. The van der Waals surface area contributed by atoms with Gasteiger partial charge in [0.25, 0.3) is 0 Å². The van der Waals surface area contributed by atoms with Crippen LogP contribution in [0.4, 0.5) is 20.4 Å². The van der Waals surface area contributed by atoms with E-state index in [4.69, 9.17) is 0 Å². The van der Waals surface area contributed by atoms with Gasteiger partial charge in [-0.1, -0.05) is 6.92 Å². The van der Waals surface area contributed by atoms with Crippen LogP contribution in [-0.2, 0) is 9.53 Å². The van der Waals surface area contributed by atoms with Crippen LogP contribution in [0.5, 0.6) is 0 Å². The summed E-state index contributed by atoms with van der Waals surface area (Å²) >= 11 is 0. The minimum atomic E-state index is -0.801. The van der Waals surface area contributed by atoms with Crippen molar-refractivity contribution in [1.29, 1.82) is 0 Å². The molecular weight excluding hydrogens is 256 g/mol. The van der Waals surface area contributed by atoms with Crippen molar-refractivity contribution >= 4 is 17.6 Å². The van der Waals surface area contributed by atoms with Gasteiger partial charge >= 0.3 is 5.97 Å². The molecule has 1 rings (SSSR count). The first-order valence-electron chi connectivity index (χ1n) is 5.99. The van der Waals surface area contributed by atoms with Crippen LogP contribution in [0.1, 0.15) is 19.8 Å². The zero-order chi connectivity index (χ0) is 14.3. The maximum absolute atomic E-state index is 13.5. The van der Waals surface area contributed by atoms with Crippen LogP contribution in [0.25, 0.3) is 0 Å². The molecule has 7 heteroatoms. The molecule has 1 aromatic rings. The fourth-order valence-electron chi connectivity index (χ4n) is 1.34. The summed E-state index contributed by atoms with van der Waals surface area (Å²) in [5.74, 6) is -2.07. The lowest BCUT2D eigenvalue weighted by molar-refractivity contribution is -0.140. The number of carbonyl (C=O) groups excluding carboxylic acids is 1. The van der Waals surface area contributed by atoms with Crippen molar-refractivity contribution in [2.75, 3.05) is 30.8 Å². The van der Waals surface area contributed by atoms with E-state index in [-0.39, 0.29) is 24.6 Å². The first-order chi connectivity index (χ1) is 9.08. The van der Waals surface area contributed by atoms with Crippen LogP contribution in [0, 0.1) is 11.6 Å². The SMILES string of the molecule is CCCNc1nc(NCCC(=O)OC)c(F)cc1F. The molecule has 0 aliphatic carbocycles. The van der Waals surface area contributed by atoms with Crippen molar-refractivity contribution in [2.24, 2.45) is 0 Å². The Kier molecular flexibility index (Phi) is 5.98. The number of aromatic nitrogens is 1. The Balaban J connectivity index is 2.68. The third-order valence-electron chi connectivity index (χ3n) is 2.32. The number of methoxy groups -OCH3 is 1. The monoisotopic (exact) mass is 273 g/mol. The second kappa shape index (κ2) is 7.50. The lowest BCUT2D eigenvalue weighted by atomic mass is 10.3. The van der Waals surface area contributed by atoms with Gasteiger partial charge in [-0.25, -0.2) is 13.8 Å². The molecule has 2 N–H and O–H groups in total. The number of rotatable bonds is 7. The number of hydrogen-bond acceptors (Lipinski definition) is 5. The van der Waals surface area contributed by atoms with Crippen LogP contribution >= 0.6 is 0 Å². The maximum atomic E-state index is 13.5. The smallest absolute Gasteiger partial charge is 0.307 e. The second-order valence-corrected chi connectivity index (χ2v) is 3.83. The minimum absolute atomic E-state index is 0.0104. The fraction of sp³-hybridized carbons (Fsp3) is 0.500. The summed E-state index contributed by atoms with van der Waals surface area (Å²) in [5.41, 5.74) is 0. The molecule has 0 saturated heterocycles. The highest BCUT2D eigenvalue weighted by Crippen LogP contribution is 2.18. The Labute approximate surface area is 110 Å². The van der Waals surface area contributed by atoms with E-state index in [2.05, 4.69) is 20.4 Å². The van der Waals surface area contributed by atoms with Crippen LogP contribution in [-0.4, -0.2) is 31.2 Å². The van der Waals surface area contributed by atoms with Crippen LogP contribution in [0.2, 0.25) is 0 Å². The van der Waals surface area contributed by atoms with Gasteiger partial charge in [0.15, 0.2) is 23.3 Å². The summed E-state index contributed by atoms with van der Waals surface area (Å²) in [5, 5.41) is 5.38. The molecule has 0 fully saturated rings. The van der Waals surface area contributed by atoms with E-state index in [1.54, 1.807) is 0 Å². The molecule has 0 aromatic carbocycles. The lowest BCUT2D eigenvalue weighted by Gasteiger charge is -2.10. The molecule has 5 nitrogen and oxygen atoms in total. The number of esters is 1. The summed E-state index contributed by atoms with van der Waals surface area (Å²) in [4.78, 5) is 14.7. The van der Waals surface area contributed by atoms with E-state index in [9.17, 15) is 13.6 Å². The van der Waals surface area contributed by atoms with Crippen LogP contribution < -0.4 is 10.6 Å².